The van der Waals surface area contributed by atoms with E-state index < -0.39 is 0 Å². The molecule has 0 radical (unpaired) electrons. The highest BCUT2D eigenvalue weighted by atomic mass is 16.5. The summed E-state index contributed by atoms with van der Waals surface area (Å²) in [5.41, 5.74) is 10.3. The lowest BCUT2D eigenvalue weighted by molar-refractivity contribution is 0.414. The van der Waals surface area contributed by atoms with Crippen molar-refractivity contribution in [3.8, 4) is 5.75 Å². The zero-order valence-corrected chi connectivity index (χ0v) is 11.7. The normalized spacial score (nSPS) is 10.3. The molecule has 0 aromatic heterocycles. The van der Waals surface area contributed by atoms with Crippen LogP contribution in [-0.2, 0) is 6.54 Å². The van der Waals surface area contributed by atoms with Crippen LogP contribution in [0, 0.1) is 6.92 Å². The van der Waals surface area contributed by atoms with Crippen molar-refractivity contribution in [1.82, 2.24) is 0 Å². The number of nitrogen functional groups attached to an aromatic ring is 1. The second-order valence-corrected chi connectivity index (χ2v) is 4.76. The molecule has 2 N–H and O–H groups in total. The van der Waals surface area contributed by atoms with Crippen molar-refractivity contribution in [2.45, 2.75) is 13.5 Å². The Morgan fingerprint density at radius 1 is 1.16 bits per heavy atom. The van der Waals surface area contributed by atoms with Crippen LogP contribution in [0.3, 0.4) is 0 Å². The Morgan fingerprint density at radius 3 is 2.63 bits per heavy atom. The van der Waals surface area contributed by atoms with Gasteiger partial charge in [-0.3, -0.25) is 0 Å². The second kappa shape index (κ2) is 5.65. The zero-order chi connectivity index (χ0) is 13.8. The summed E-state index contributed by atoms with van der Waals surface area (Å²) in [6, 6.07) is 14.2. The van der Waals surface area contributed by atoms with E-state index >= 15 is 0 Å². The summed E-state index contributed by atoms with van der Waals surface area (Å²) in [5, 5.41) is 0. The molecular formula is C16H20N2O. The van der Waals surface area contributed by atoms with E-state index in [-0.39, 0.29) is 0 Å². The summed E-state index contributed by atoms with van der Waals surface area (Å²) in [6.07, 6.45) is 0. The van der Waals surface area contributed by atoms with Gasteiger partial charge in [0.1, 0.15) is 5.75 Å². The molecule has 0 atom stereocenters. The maximum atomic E-state index is 6.02. The van der Waals surface area contributed by atoms with Gasteiger partial charge in [-0.05, 0) is 48.4 Å². The fourth-order valence-corrected chi connectivity index (χ4v) is 2.06. The smallest absolute Gasteiger partial charge is 0.119 e. The van der Waals surface area contributed by atoms with E-state index in [4.69, 9.17) is 10.5 Å². The maximum Gasteiger partial charge on any atom is 0.119 e. The Hall–Kier alpha value is -2.16. The first-order valence-electron chi connectivity index (χ1n) is 6.30. The number of anilines is 2. The van der Waals surface area contributed by atoms with Crippen LogP contribution in [-0.4, -0.2) is 14.2 Å². The molecule has 0 aliphatic heterocycles. The fourth-order valence-electron chi connectivity index (χ4n) is 2.06. The first kappa shape index (κ1) is 13.3. The molecule has 0 saturated heterocycles. The summed E-state index contributed by atoms with van der Waals surface area (Å²) < 4.78 is 5.24. The molecular weight excluding hydrogens is 236 g/mol. The van der Waals surface area contributed by atoms with Crippen LogP contribution in [0.1, 0.15) is 11.1 Å². The highest BCUT2D eigenvalue weighted by molar-refractivity contribution is 5.54. The molecule has 0 bridgehead atoms. The van der Waals surface area contributed by atoms with Gasteiger partial charge in [0.25, 0.3) is 0 Å². The number of methoxy groups -OCH3 is 1. The number of hydrogen-bond donors (Lipinski definition) is 1. The van der Waals surface area contributed by atoms with Crippen LogP contribution in [0.15, 0.2) is 42.5 Å². The molecule has 2 aromatic carbocycles. The van der Waals surface area contributed by atoms with E-state index in [1.54, 1.807) is 7.11 Å². The molecule has 0 aliphatic rings. The van der Waals surface area contributed by atoms with Crippen LogP contribution in [0.2, 0.25) is 0 Å². The Balaban J connectivity index is 2.21. The minimum atomic E-state index is 0.756. The van der Waals surface area contributed by atoms with E-state index in [9.17, 15) is 0 Å². The number of nitrogens with zero attached hydrogens (tertiary/aromatic N) is 1. The summed E-state index contributed by atoms with van der Waals surface area (Å²) in [6.45, 7) is 2.85. The fraction of sp³-hybridized carbons (Fsp3) is 0.250. The van der Waals surface area contributed by atoms with Crippen molar-refractivity contribution < 1.29 is 4.74 Å². The Kier molecular flexibility index (Phi) is 3.95. The van der Waals surface area contributed by atoms with E-state index in [0.29, 0.717) is 0 Å². The second-order valence-electron chi connectivity index (χ2n) is 4.76. The molecule has 0 aliphatic carbocycles. The largest absolute Gasteiger partial charge is 0.497 e. The molecule has 0 amide bonds. The number of nitrogens with two attached hydrogens (primary N) is 1. The number of aryl methyl sites for hydroxylation is 1. The van der Waals surface area contributed by atoms with Gasteiger partial charge in [-0.25, -0.2) is 0 Å². The zero-order valence-electron chi connectivity index (χ0n) is 11.7. The Morgan fingerprint density at radius 2 is 1.95 bits per heavy atom. The molecule has 3 heteroatoms. The van der Waals surface area contributed by atoms with Crippen molar-refractivity contribution in [1.29, 1.82) is 0 Å². The maximum absolute atomic E-state index is 6.02. The molecule has 0 saturated carbocycles. The molecule has 0 heterocycles. The third-order valence-corrected chi connectivity index (χ3v) is 3.20. The van der Waals surface area contributed by atoms with Crippen molar-refractivity contribution in [2.75, 3.05) is 24.8 Å². The summed E-state index contributed by atoms with van der Waals surface area (Å²) >= 11 is 0. The van der Waals surface area contributed by atoms with Crippen LogP contribution < -0.4 is 15.4 Å². The van der Waals surface area contributed by atoms with E-state index in [1.807, 2.05) is 18.2 Å². The summed E-state index contributed by atoms with van der Waals surface area (Å²) in [4.78, 5) is 2.18. The number of benzene rings is 2. The first-order valence-corrected chi connectivity index (χ1v) is 6.30. The predicted octanol–water partition coefficient (Wildman–Crippen LogP) is 3.22. The van der Waals surface area contributed by atoms with Crippen LogP contribution in [0.25, 0.3) is 0 Å². The molecule has 0 spiro atoms. The molecule has 19 heavy (non-hydrogen) atoms. The third kappa shape index (κ3) is 3.19. The predicted molar refractivity (Wildman–Crippen MR) is 80.7 cm³/mol. The first-order chi connectivity index (χ1) is 9.10. The molecule has 100 valence electrons. The quantitative estimate of drug-likeness (QED) is 0.854. The van der Waals surface area contributed by atoms with Gasteiger partial charge < -0.3 is 15.4 Å². The summed E-state index contributed by atoms with van der Waals surface area (Å²) in [7, 11) is 3.73. The van der Waals surface area contributed by atoms with Gasteiger partial charge in [0.15, 0.2) is 0 Å². The molecule has 0 fully saturated rings. The van der Waals surface area contributed by atoms with E-state index in [0.717, 1.165) is 23.5 Å². The summed E-state index contributed by atoms with van der Waals surface area (Å²) in [5.74, 6) is 0.835. The lowest BCUT2D eigenvalue weighted by Gasteiger charge is -2.21. The van der Waals surface area contributed by atoms with E-state index in [2.05, 4.69) is 43.1 Å². The monoisotopic (exact) mass is 256 g/mol. The van der Waals surface area contributed by atoms with Gasteiger partial charge in [0.2, 0.25) is 0 Å². The van der Waals surface area contributed by atoms with Gasteiger partial charge in [-0.1, -0.05) is 12.1 Å². The number of ether oxygens (including phenoxy) is 1. The number of hydrogen-bond acceptors (Lipinski definition) is 3. The number of rotatable bonds is 4. The van der Waals surface area contributed by atoms with Gasteiger partial charge in [0, 0.05) is 25.0 Å². The van der Waals surface area contributed by atoms with Gasteiger partial charge in [-0.2, -0.15) is 0 Å². The van der Waals surface area contributed by atoms with Crippen LogP contribution >= 0.6 is 0 Å². The van der Waals surface area contributed by atoms with Crippen LogP contribution in [0.4, 0.5) is 11.4 Å². The molecule has 0 unspecified atom stereocenters. The Bertz CT molecular complexity index is 566. The van der Waals surface area contributed by atoms with E-state index in [1.165, 1.54) is 11.3 Å². The lowest BCUT2D eigenvalue weighted by Crippen LogP contribution is -2.17. The average molecular weight is 256 g/mol. The van der Waals surface area contributed by atoms with Crippen LogP contribution in [0.5, 0.6) is 5.75 Å². The van der Waals surface area contributed by atoms with Crippen molar-refractivity contribution >= 4 is 11.4 Å². The van der Waals surface area contributed by atoms with Gasteiger partial charge in [0.05, 0.1) is 7.11 Å². The minimum Gasteiger partial charge on any atom is -0.497 e. The Labute approximate surface area is 114 Å². The highest BCUT2D eigenvalue weighted by Gasteiger charge is 2.06. The standard InChI is InChI=1S/C16H20N2O/c1-12-5-4-6-14(9-12)18(2)11-13-10-15(19-3)7-8-16(13)17/h4-10H,11,17H2,1-3H3. The topological polar surface area (TPSA) is 38.5 Å². The van der Waals surface area contributed by atoms with Crippen molar-refractivity contribution in [3.05, 3.63) is 53.6 Å². The van der Waals surface area contributed by atoms with Crippen molar-refractivity contribution in [3.63, 3.8) is 0 Å². The van der Waals surface area contributed by atoms with Gasteiger partial charge >= 0.3 is 0 Å². The SMILES string of the molecule is COc1ccc(N)c(CN(C)c2cccc(C)c2)c1. The average Bonchev–Trinajstić information content (AvgIpc) is 2.41. The highest BCUT2D eigenvalue weighted by Crippen LogP contribution is 2.23. The van der Waals surface area contributed by atoms with Crippen molar-refractivity contribution in [2.24, 2.45) is 0 Å². The third-order valence-electron chi connectivity index (χ3n) is 3.20. The molecule has 2 rings (SSSR count). The lowest BCUT2D eigenvalue weighted by atomic mass is 10.1. The molecule has 3 nitrogen and oxygen atoms in total. The minimum absolute atomic E-state index is 0.756. The molecule has 2 aromatic rings. The van der Waals surface area contributed by atoms with Gasteiger partial charge in [-0.15, -0.1) is 0 Å².